The summed E-state index contributed by atoms with van der Waals surface area (Å²) in [6, 6.07) is 0.0516. The van der Waals surface area contributed by atoms with Gasteiger partial charge < -0.3 is 14.5 Å². The van der Waals surface area contributed by atoms with E-state index < -0.39 is 5.60 Å². The van der Waals surface area contributed by atoms with Gasteiger partial charge >= 0.3 is 6.09 Å². The molecule has 2 saturated heterocycles. The van der Waals surface area contributed by atoms with Gasteiger partial charge in [-0.2, -0.15) is 0 Å². The van der Waals surface area contributed by atoms with E-state index >= 15 is 0 Å². The predicted octanol–water partition coefficient (Wildman–Crippen LogP) is 2.23. The topological polar surface area (TPSA) is 49.9 Å². The summed E-state index contributed by atoms with van der Waals surface area (Å²) in [6.45, 7) is 7.43. The Morgan fingerprint density at radius 3 is 2.70 bits per heavy atom. The summed E-state index contributed by atoms with van der Waals surface area (Å²) in [5.74, 6) is 0.0843. The van der Waals surface area contributed by atoms with E-state index in [2.05, 4.69) is 0 Å². The summed E-state index contributed by atoms with van der Waals surface area (Å²) in [5, 5.41) is -0.0983. The first-order valence-electron chi connectivity index (χ1n) is 7.18. The Bertz CT molecular complexity index is 394. The first-order chi connectivity index (χ1) is 9.26. The molecule has 0 radical (unpaired) electrons. The number of alkyl halides is 1. The molecule has 0 bridgehead atoms. The first kappa shape index (κ1) is 15.4. The summed E-state index contributed by atoms with van der Waals surface area (Å²) >= 11 is 6.01. The lowest BCUT2D eigenvalue weighted by Crippen LogP contribution is -2.45. The third kappa shape index (κ3) is 3.78. The molecule has 2 aliphatic heterocycles. The number of carbonyl (C=O) groups excluding carboxylic acids is 2. The van der Waals surface area contributed by atoms with Crippen LogP contribution in [-0.2, 0) is 9.53 Å². The minimum absolute atomic E-state index is 0.0516. The molecule has 2 rings (SSSR count). The highest BCUT2D eigenvalue weighted by Crippen LogP contribution is 2.24. The smallest absolute Gasteiger partial charge is 0.410 e. The van der Waals surface area contributed by atoms with Gasteiger partial charge in [0.15, 0.2) is 0 Å². The molecule has 2 aliphatic rings. The second kappa shape index (κ2) is 5.80. The highest BCUT2D eigenvalue weighted by atomic mass is 35.5. The van der Waals surface area contributed by atoms with Crippen LogP contribution in [0.25, 0.3) is 0 Å². The quantitative estimate of drug-likeness (QED) is 0.735. The number of rotatable bonds is 2. The third-order valence-electron chi connectivity index (χ3n) is 3.60. The van der Waals surface area contributed by atoms with E-state index in [0.717, 1.165) is 12.8 Å². The number of halogens is 1. The highest BCUT2D eigenvalue weighted by molar-refractivity contribution is 6.22. The molecule has 114 valence electrons. The van der Waals surface area contributed by atoms with E-state index in [-0.39, 0.29) is 23.4 Å². The van der Waals surface area contributed by atoms with Crippen molar-refractivity contribution in [3.05, 3.63) is 0 Å². The van der Waals surface area contributed by atoms with Crippen molar-refractivity contribution in [2.24, 2.45) is 0 Å². The molecule has 0 aromatic rings. The minimum Gasteiger partial charge on any atom is -0.444 e. The lowest BCUT2D eigenvalue weighted by atomic mass is 10.2. The molecular formula is C14H23ClN2O3. The maximum absolute atomic E-state index is 12.2. The van der Waals surface area contributed by atoms with E-state index in [1.54, 1.807) is 9.80 Å². The van der Waals surface area contributed by atoms with E-state index in [1.807, 2.05) is 20.8 Å². The van der Waals surface area contributed by atoms with Crippen LogP contribution in [0, 0.1) is 0 Å². The zero-order valence-electron chi connectivity index (χ0n) is 12.4. The van der Waals surface area contributed by atoms with Crippen molar-refractivity contribution in [3.8, 4) is 0 Å². The molecule has 5 nitrogen and oxygen atoms in total. The van der Waals surface area contributed by atoms with Gasteiger partial charge in [-0.3, -0.25) is 4.79 Å². The van der Waals surface area contributed by atoms with Crippen molar-refractivity contribution in [2.75, 3.05) is 19.6 Å². The summed E-state index contributed by atoms with van der Waals surface area (Å²) in [4.78, 5) is 27.5. The molecular weight excluding hydrogens is 280 g/mol. The van der Waals surface area contributed by atoms with E-state index in [4.69, 9.17) is 16.3 Å². The van der Waals surface area contributed by atoms with Crippen LogP contribution in [0.3, 0.4) is 0 Å². The summed E-state index contributed by atoms with van der Waals surface area (Å²) < 4.78 is 5.42. The molecule has 2 heterocycles. The summed E-state index contributed by atoms with van der Waals surface area (Å²) in [6.07, 6.45) is 1.99. The minimum atomic E-state index is -0.491. The number of amides is 2. The molecule has 0 aliphatic carbocycles. The number of carbonyl (C=O) groups is 2. The van der Waals surface area contributed by atoms with Gasteiger partial charge in [-0.25, -0.2) is 4.79 Å². The molecule has 0 N–H and O–H groups in total. The van der Waals surface area contributed by atoms with E-state index in [9.17, 15) is 9.59 Å². The molecule has 2 atom stereocenters. The van der Waals surface area contributed by atoms with E-state index in [0.29, 0.717) is 26.1 Å². The fourth-order valence-corrected chi connectivity index (χ4v) is 3.04. The van der Waals surface area contributed by atoms with E-state index in [1.165, 1.54) is 0 Å². The van der Waals surface area contributed by atoms with Crippen LogP contribution in [-0.4, -0.2) is 58.5 Å². The molecule has 20 heavy (non-hydrogen) atoms. The van der Waals surface area contributed by atoms with Gasteiger partial charge in [-0.15, -0.1) is 11.6 Å². The van der Waals surface area contributed by atoms with Crippen molar-refractivity contribution in [1.82, 2.24) is 9.80 Å². The molecule has 0 spiro atoms. The molecule has 6 heteroatoms. The zero-order chi connectivity index (χ0) is 14.9. The van der Waals surface area contributed by atoms with Crippen LogP contribution in [0.4, 0.5) is 4.79 Å². The second-order valence-electron chi connectivity index (χ2n) is 6.57. The average molecular weight is 303 g/mol. The third-order valence-corrected chi connectivity index (χ3v) is 3.90. The monoisotopic (exact) mass is 302 g/mol. The van der Waals surface area contributed by atoms with Crippen LogP contribution >= 0.6 is 11.6 Å². The first-order valence-corrected chi connectivity index (χ1v) is 7.61. The largest absolute Gasteiger partial charge is 0.444 e. The number of likely N-dealkylation sites (tertiary alicyclic amines) is 2. The van der Waals surface area contributed by atoms with Crippen LogP contribution < -0.4 is 0 Å². The van der Waals surface area contributed by atoms with Crippen molar-refractivity contribution < 1.29 is 14.3 Å². The Hall–Kier alpha value is -0.970. The fourth-order valence-electron chi connectivity index (χ4n) is 2.74. The van der Waals surface area contributed by atoms with Crippen LogP contribution in [0.2, 0.25) is 0 Å². The molecule has 1 unspecified atom stereocenters. The van der Waals surface area contributed by atoms with Gasteiger partial charge in [-0.1, -0.05) is 0 Å². The Morgan fingerprint density at radius 2 is 2.15 bits per heavy atom. The van der Waals surface area contributed by atoms with Gasteiger partial charge in [0.25, 0.3) is 0 Å². The van der Waals surface area contributed by atoms with Crippen LogP contribution in [0.15, 0.2) is 0 Å². The van der Waals surface area contributed by atoms with Gasteiger partial charge in [0.2, 0.25) is 5.91 Å². The van der Waals surface area contributed by atoms with Crippen molar-refractivity contribution >= 4 is 23.6 Å². The van der Waals surface area contributed by atoms with Gasteiger partial charge in [-0.05, 0) is 33.6 Å². The maximum Gasteiger partial charge on any atom is 0.410 e. The molecule has 0 aromatic carbocycles. The maximum atomic E-state index is 12.2. The average Bonchev–Trinajstić information content (AvgIpc) is 2.84. The lowest BCUT2D eigenvalue weighted by molar-refractivity contribution is -0.128. The molecule has 2 fully saturated rings. The highest BCUT2D eigenvalue weighted by Gasteiger charge is 2.36. The second-order valence-corrected chi connectivity index (χ2v) is 7.19. The standard InChI is InChI=1S/C14H23ClN2O3/c1-14(2,3)20-13(19)17-6-4-5-11(17)9-16-8-10(15)7-12(16)18/h10-11H,4-9H2,1-3H3/t10?,11-/m1/s1. The Kier molecular flexibility index (Phi) is 4.47. The number of hydrogen-bond acceptors (Lipinski definition) is 3. The summed E-state index contributed by atoms with van der Waals surface area (Å²) in [7, 11) is 0. The Balaban J connectivity index is 1.94. The van der Waals surface area contributed by atoms with Crippen molar-refractivity contribution in [2.45, 2.75) is 57.1 Å². The summed E-state index contributed by atoms with van der Waals surface area (Å²) in [5.41, 5.74) is -0.491. The number of hydrogen-bond donors (Lipinski definition) is 0. The lowest BCUT2D eigenvalue weighted by Gasteiger charge is -2.30. The van der Waals surface area contributed by atoms with Crippen molar-refractivity contribution in [1.29, 1.82) is 0 Å². The predicted molar refractivity (Wildman–Crippen MR) is 76.8 cm³/mol. The Labute approximate surface area is 125 Å². The van der Waals surface area contributed by atoms with Crippen molar-refractivity contribution in [3.63, 3.8) is 0 Å². The number of nitrogens with zero attached hydrogens (tertiary/aromatic N) is 2. The number of ether oxygens (including phenoxy) is 1. The normalized spacial score (nSPS) is 27.3. The van der Waals surface area contributed by atoms with Crippen LogP contribution in [0.5, 0.6) is 0 Å². The van der Waals surface area contributed by atoms with Gasteiger partial charge in [0.05, 0.1) is 11.4 Å². The molecule has 0 aromatic heterocycles. The molecule has 2 amide bonds. The van der Waals surface area contributed by atoms with Gasteiger partial charge in [0.1, 0.15) is 5.60 Å². The van der Waals surface area contributed by atoms with Crippen LogP contribution in [0.1, 0.15) is 40.0 Å². The fraction of sp³-hybridized carbons (Fsp3) is 0.857. The Morgan fingerprint density at radius 1 is 1.45 bits per heavy atom. The SMILES string of the molecule is CC(C)(C)OC(=O)N1CCC[C@@H]1CN1CC(Cl)CC1=O. The van der Waals surface area contributed by atoms with Gasteiger partial charge in [0, 0.05) is 26.1 Å². The zero-order valence-corrected chi connectivity index (χ0v) is 13.2. The molecule has 0 saturated carbocycles.